The predicted octanol–water partition coefficient (Wildman–Crippen LogP) is 1.52. The van der Waals surface area contributed by atoms with Crippen LogP contribution in [0.5, 0.6) is 5.75 Å². The van der Waals surface area contributed by atoms with Crippen LogP contribution < -0.4 is 21.3 Å². The summed E-state index contributed by atoms with van der Waals surface area (Å²) >= 11 is 0. The summed E-state index contributed by atoms with van der Waals surface area (Å²) in [6.45, 7) is 4.04. The van der Waals surface area contributed by atoms with Gasteiger partial charge in [-0.05, 0) is 32.0 Å². The number of urea groups is 1. The van der Waals surface area contributed by atoms with Crippen LogP contribution in [0.4, 0.5) is 10.5 Å². The molecule has 2 amide bonds. The molecule has 130 valence electrons. The molecule has 0 aliphatic carbocycles. The van der Waals surface area contributed by atoms with Crippen LogP contribution in [0.15, 0.2) is 23.0 Å². The number of carbonyl (C=O) groups excluding carboxylic acids is 1. The number of hydrogen-bond acceptors (Lipinski definition) is 5. The Bertz CT molecular complexity index is 1020. The Hall–Kier alpha value is -3.36. The summed E-state index contributed by atoms with van der Waals surface area (Å²) in [6.07, 6.45) is 0. The molecule has 0 bridgehead atoms. The van der Waals surface area contributed by atoms with Gasteiger partial charge >= 0.3 is 6.03 Å². The van der Waals surface area contributed by atoms with Gasteiger partial charge in [0.15, 0.2) is 5.65 Å². The van der Waals surface area contributed by atoms with Crippen LogP contribution >= 0.6 is 0 Å². The standard InChI is InChI=1S/C16H18N6O3/c1-4-25-11-6-5-9(18-16(17)24)7-10(11)13-19-14-12(15(23)20-13)8(2)21-22(14)3/h5-7H,4H2,1-3H3,(H3,17,18,24)(H,19,20,23). The normalized spacial score (nSPS) is 10.8. The second kappa shape index (κ2) is 6.27. The number of fused-ring (bicyclic) bond motifs is 1. The van der Waals surface area contributed by atoms with E-state index in [4.69, 9.17) is 10.5 Å². The quantitative estimate of drug-likeness (QED) is 0.662. The van der Waals surface area contributed by atoms with Crippen LogP contribution in [-0.4, -0.2) is 32.4 Å². The zero-order valence-electron chi connectivity index (χ0n) is 14.1. The second-order valence-corrected chi connectivity index (χ2v) is 5.46. The van der Waals surface area contributed by atoms with E-state index in [0.29, 0.717) is 46.2 Å². The van der Waals surface area contributed by atoms with Crippen molar-refractivity contribution in [3.05, 3.63) is 34.2 Å². The molecule has 0 atom stereocenters. The number of benzene rings is 1. The molecule has 0 fully saturated rings. The molecule has 0 aliphatic heterocycles. The maximum Gasteiger partial charge on any atom is 0.316 e. The highest BCUT2D eigenvalue weighted by Crippen LogP contribution is 2.31. The van der Waals surface area contributed by atoms with Crippen molar-refractivity contribution >= 4 is 22.8 Å². The summed E-state index contributed by atoms with van der Waals surface area (Å²) in [4.78, 5) is 30.8. The average Bonchev–Trinajstić information content (AvgIpc) is 2.83. The van der Waals surface area contributed by atoms with Gasteiger partial charge in [0.25, 0.3) is 5.56 Å². The molecule has 4 N–H and O–H groups in total. The van der Waals surface area contributed by atoms with Gasteiger partial charge in [0.05, 0.1) is 17.9 Å². The number of anilines is 1. The van der Waals surface area contributed by atoms with Crippen molar-refractivity contribution in [2.75, 3.05) is 11.9 Å². The Kier molecular flexibility index (Phi) is 4.14. The lowest BCUT2D eigenvalue weighted by atomic mass is 10.1. The topological polar surface area (TPSA) is 128 Å². The first kappa shape index (κ1) is 16.5. The molecule has 0 spiro atoms. The van der Waals surface area contributed by atoms with E-state index >= 15 is 0 Å². The van der Waals surface area contributed by atoms with Crippen molar-refractivity contribution < 1.29 is 9.53 Å². The van der Waals surface area contributed by atoms with E-state index in [1.807, 2.05) is 6.92 Å². The monoisotopic (exact) mass is 342 g/mol. The van der Waals surface area contributed by atoms with Gasteiger partial charge in [-0.15, -0.1) is 0 Å². The Morgan fingerprint density at radius 2 is 2.20 bits per heavy atom. The summed E-state index contributed by atoms with van der Waals surface area (Å²) in [5.74, 6) is 0.844. The number of hydrogen-bond donors (Lipinski definition) is 3. The van der Waals surface area contributed by atoms with Gasteiger partial charge < -0.3 is 20.8 Å². The highest BCUT2D eigenvalue weighted by Gasteiger charge is 2.16. The molecule has 3 rings (SSSR count). The smallest absolute Gasteiger partial charge is 0.316 e. The minimum atomic E-state index is -0.686. The van der Waals surface area contributed by atoms with Crippen molar-refractivity contribution in [1.29, 1.82) is 0 Å². The number of primary amides is 1. The molecular formula is C16H18N6O3. The number of amides is 2. The average molecular weight is 342 g/mol. The molecule has 3 aromatic rings. The number of carbonyl (C=O) groups is 1. The van der Waals surface area contributed by atoms with Crippen LogP contribution in [0.1, 0.15) is 12.6 Å². The number of aromatic nitrogens is 4. The fourth-order valence-corrected chi connectivity index (χ4v) is 2.69. The Labute approximate surface area is 142 Å². The number of aryl methyl sites for hydroxylation is 2. The predicted molar refractivity (Wildman–Crippen MR) is 93.7 cm³/mol. The van der Waals surface area contributed by atoms with Crippen molar-refractivity contribution in [3.63, 3.8) is 0 Å². The summed E-state index contributed by atoms with van der Waals surface area (Å²) in [5, 5.41) is 7.17. The number of H-pyrrole nitrogens is 1. The van der Waals surface area contributed by atoms with Gasteiger partial charge in [0, 0.05) is 12.7 Å². The Morgan fingerprint density at radius 3 is 2.88 bits per heavy atom. The van der Waals surface area contributed by atoms with Crippen LogP contribution in [0.25, 0.3) is 22.4 Å². The van der Waals surface area contributed by atoms with E-state index in [1.165, 1.54) is 0 Å². The first-order valence-corrected chi connectivity index (χ1v) is 7.68. The fraction of sp³-hybridized carbons (Fsp3) is 0.250. The van der Waals surface area contributed by atoms with Gasteiger partial charge in [-0.3, -0.25) is 4.79 Å². The van der Waals surface area contributed by atoms with E-state index in [9.17, 15) is 9.59 Å². The number of rotatable bonds is 4. The second-order valence-electron chi connectivity index (χ2n) is 5.46. The third-order valence-corrected chi connectivity index (χ3v) is 3.67. The minimum Gasteiger partial charge on any atom is -0.493 e. The zero-order valence-corrected chi connectivity index (χ0v) is 14.1. The molecule has 1 aromatic carbocycles. The van der Waals surface area contributed by atoms with Crippen LogP contribution in [0.2, 0.25) is 0 Å². The highest BCUT2D eigenvalue weighted by molar-refractivity contribution is 5.89. The molecular weight excluding hydrogens is 324 g/mol. The Morgan fingerprint density at radius 1 is 1.44 bits per heavy atom. The largest absolute Gasteiger partial charge is 0.493 e. The van der Waals surface area contributed by atoms with E-state index in [1.54, 1.807) is 36.9 Å². The lowest BCUT2D eigenvalue weighted by molar-refractivity contribution is 0.259. The van der Waals surface area contributed by atoms with Gasteiger partial charge in [0.1, 0.15) is 17.0 Å². The molecule has 0 saturated heterocycles. The molecule has 2 aromatic heterocycles. The fourth-order valence-electron chi connectivity index (χ4n) is 2.69. The molecule has 0 aliphatic rings. The molecule has 0 saturated carbocycles. The van der Waals surface area contributed by atoms with E-state index in [0.717, 1.165) is 0 Å². The molecule has 9 nitrogen and oxygen atoms in total. The first-order valence-electron chi connectivity index (χ1n) is 7.68. The van der Waals surface area contributed by atoms with Crippen molar-refractivity contribution in [2.45, 2.75) is 13.8 Å². The zero-order chi connectivity index (χ0) is 18.1. The first-order chi connectivity index (χ1) is 11.9. The molecule has 0 radical (unpaired) electrons. The summed E-state index contributed by atoms with van der Waals surface area (Å²) in [7, 11) is 1.72. The van der Waals surface area contributed by atoms with Gasteiger partial charge in [0.2, 0.25) is 0 Å². The summed E-state index contributed by atoms with van der Waals surface area (Å²) in [5.41, 5.74) is 6.94. The van der Waals surface area contributed by atoms with E-state index < -0.39 is 6.03 Å². The number of nitrogens with one attached hydrogen (secondary N) is 2. The summed E-state index contributed by atoms with van der Waals surface area (Å²) < 4.78 is 7.16. The van der Waals surface area contributed by atoms with Crippen molar-refractivity contribution in [1.82, 2.24) is 19.7 Å². The summed E-state index contributed by atoms with van der Waals surface area (Å²) in [6, 6.07) is 4.30. The van der Waals surface area contributed by atoms with Crippen molar-refractivity contribution in [3.8, 4) is 17.1 Å². The Balaban J connectivity index is 2.23. The number of nitrogens with two attached hydrogens (primary N) is 1. The maximum atomic E-state index is 12.5. The molecule has 25 heavy (non-hydrogen) atoms. The molecule has 0 unspecified atom stereocenters. The molecule has 9 heteroatoms. The van der Waals surface area contributed by atoms with Gasteiger partial charge in [-0.1, -0.05) is 0 Å². The van der Waals surface area contributed by atoms with Crippen LogP contribution in [0.3, 0.4) is 0 Å². The lowest BCUT2D eigenvalue weighted by Crippen LogP contribution is -2.19. The number of nitrogens with zero attached hydrogens (tertiary/aromatic N) is 3. The van der Waals surface area contributed by atoms with E-state index in [2.05, 4.69) is 20.4 Å². The maximum absolute atomic E-state index is 12.5. The van der Waals surface area contributed by atoms with E-state index in [-0.39, 0.29) is 5.56 Å². The van der Waals surface area contributed by atoms with Gasteiger partial charge in [-0.2, -0.15) is 5.10 Å². The van der Waals surface area contributed by atoms with Gasteiger partial charge in [-0.25, -0.2) is 14.5 Å². The lowest BCUT2D eigenvalue weighted by Gasteiger charge is -2.12. The number of aromatic amines is 1. The van der Waals surface area contributed by atoms with Crippen LogP contribution in [-0.2, 0) is 7.05 Å². The third kappa shape index (κ3) is 3.03. The van der Waals surface area contributed by atoms with Crippen LogP contribution in [0, 0.1) is 6.92 Å². The molecule has 2 heterocycles. The SMILES string of the molecule is CCOc1ccc(NC(N)=O)cc1-c1nc2c(c(C)nn2C)c(=O)[nH]1. The van der Waals surface area contributed by atoms with Crippen molar-refractivity contribution in [2.24, 2.45) is 12.8 Å². The highest BCUT2D eigenvalue weighted by atomic mass is 16.5. The number of ether oxygens (including phenoxy) is 1. The minimum absolute atomic E-state index is 0.290. The third-order valence-electron chi connectivity index (χ3n) is 3.67.